The van der Waals surface area contributed by atoms with Crippen molar-refractivity contribution in [2.24, 2.45) is 11.8 Å². The summed E-state index contributed by atoms with van der Waals surface area (Å²) < 4.78 is 16.2. The molecule has 2 aliphatic heterocycles. The summed E-state index contributed by atoms with van der Waals surface area (Å²) in [6.45, 7) is 3.88. The Kier molecular flexibility index (Phi) is 6.25. The minimum atomic E-state index is 0.00608. The molecule has 0 radical (unpaired) electrons. The summed E-state index contributed by atoms with van der Waals surface area (Å²) >= 11 is 0. The average Bonchev–Trinajstić information content (AvgIpc) is 2.72. The van der Waals surface area contributed by atoms with E-state index in [9.17, 15) is 4.79 Å². The molecule has 1 amide bonds. The monoisotopic (exact) mass is 362 g/mol. The zero-order valence-electron chi connectivity index (χ0n) is 16.0. The zero-order valence-corrected chi connectivity index (χ0v) is 16.0. The standard InChI is InChI=1S/C20H30N2O4/c1-24-17-5-4-16(18(25-2)19(17)26-3)20(23)22-12-8-15(9-13-22)14-6-10-21-11-7-14/h4-5,14-15,21H,6-13H2,1-3H3. The number of piperidine rings is 2. The third-order valence-electron chi connectivity index (χ3n) is 5.81. The highest BCUT2D eigenvalue weighted by atomic mass is 16.5. The molecule has 1 aromatic carbocycles. The van der Waals surface area contributed by atoms with Gasteiger partial charge in [-0.15, -0.1) is 0 Å². The molecule has 144 valence electrons. The molecule has 1 aromatic rings. The highest BCUT2D eigenvalue weighted by molar-refractivity contribution is 5.98. The van der Waals surface area contributed by atoms with E-state index in [1.165, 1.54) is 12.8 Å². The number of likely N-dealkylation sites (tertiary alicyclic amines) is 1. The van der Waals surface area contributed by atoms with E-state index in [1.54, 1.807) is 33.5 Å². The molecule has 6 nitrogen and oxygen atoms in total. The molecule has 2 aliphatic rings. The van der Waals surface area contributed by atoms with Crippen molar-refractivity contribution < 1.29 is 19.0 Å². The quantitative estimate of drug-likeness (QED) is 0.872. The fourth-order valence-electron chi connectivity index (χ4n) is 4.33. The third-order valence-corrected chi connectivity index (χ3v) is 5.81. The number of ether oxygens (including phenoxy) is 3. The van der Waals surface area contributed by atoms with Gasteiger partial charge in [0.25, 0.3) is 5.91 Å². The second-order valence-corrected chi connectivity index (χ2v) is 7.10. The maximum Gasteiger partial charge on any atom is 0.257 e. The van der Waals surface area contributed by atoms with Gasteiger partial charge in [0.2, 0.25) is 5.75 Å². The first-order valence-corrected chi connectivity index (χ1v) is 9.48. The van der Waals surface area contributed by atoms with Crippen LogP contribution in [0.25, 0.3) is 0 Å². The number of carbonyl (C=O) groups is 1. The summed E-state index contributed by atoms with van der Waals surface area (Å²) in [7, 11) is 4.68. The van der Waals surface area contributed by atoms with Crippen molar-refractivity contribution in [2.45, 2.75) is 25.7 Å². The molecule has 26 heavy (non-hydrogen) atoms. The number of carbonyl (C=O) groups excluding carboxylic acids is 1. The lowest BCUT2D eigenvalue weighted by molar-refractivity contribution is 0.0638. The van der Waals surface area contributed by atoms with Gasteiger partial charge in [0.15, 0.2) is 11.5 Å². The van der Waals surface area contributed by atoms with Gasteiger partial charge in [-0.05, 0) is 62.7 Å². The maximum atomic E-state index is 13.1. The number of nitrogens with zero attached hydrogens (tertiary/aromatic N) is 1. The Morgan fingerprint density at radius 1 is 0.923 bits per heavy atom. The van der Waals surface area contributed by atoms with Crippen LogP contribution in [0.5, 0.6) is 17.2 Å². The van der Waals surface area contributed by atoms with Crippen molar-refractivity contribution in [1.82, 2.24) is 10.2 Å². The number of hydrogen-bond acceptors (Lipinski definition) is 5. The summed E-state index contributed by atoms with van der Waals surface area (Å²) in [5.41, 5.74) is 0.533. The molecule has 1 N–H and O–H groups in total. The fraction of sp³-hybridized carbons (Fsp3) is 0.650. The molecular weight excluding hydrogens is 332 g/mol. The van der Waals surface area contributed by atoms with Crippen LogP contribution < -0.4 is 19.5 Å². The molecule has 0 unspecified atom stereocenters. The molecule has 2 fully saturated rings. The van der Waals surface area contributed by atoms with Gasteiger partial charge in [-0.3, -0.25) is 4.79 Å². The van der Waals surface area contributed by atoms with Gasteiger partial charge in [0.1, 0.15) is 0 Å². The van der Waals surface area contributed by atoms with Gasteiger partial charge in [-0.25, -0.2) is 0 Å². The summed E-state index contributed by atoms with van der Waals surface area (Å²) in [6.07, 6.45) is 4.71. The van der Waals surface area contributed by atoms with Crippen molar-refractivity contribution in [3.8, 4) is 17.2 Å². The first-order valence-electron chi connectivity index (χ1n) is 9.48. The SMILES string of the molecule is COc1ccc(C(=O)N2CCC(C3CCNCC3)CC2)c(OC)c1OC. The van der Waals surface area contributed by atoms with Crippen LogP contribution in [0.3, 0.4) is 0 Å². The Bertz CT molecular complexity index is 620. The largest absolute Gasteiger partial charge is 0.493 e. The van der Waals surface area contributed by atoms with E-state index in [2.05, 4.69) is 5.32 Å². The van der Waals surface area contributed by atoms with Gasteiger partial charge in [-0.2, -0.15) is 0 Å². The van der Waals surface area contributed by atoms with E-state index >= 15 is 0 Å². The third kappa shape index (κ3) is 3.75. The number of rotatable bonds is 5. The Labute approximate surface area is 155 Å². The minimum Gasteiger partial charge on any atom is -0.493 e. The average molecular weight is 362 g/mol. The molecule has 0 saturated carbocycles. The normalized spacial score (nSPS) is 19.3. The molecule has 2 heterocycles. The molecule has 3 rings (SSSR count). The van der Waals surface area contributed by atoms with Crippen LogP contribution in [0, 0.1) is 11.8 Å². The Hall–Kier alpha value is -1.95. The lowest BCUT2D eigenvalue weighted by atomic mass is 9.79. The summed E-state index contributed by atoms with van der Waals surface area (Å²) in [5, 5.41) is 3.43. The highest BCUT2D eigenvalue weighted by Gasteiger charge is 2.31. The number of hydrogen-bond donors (Lipinski definition) is 1. The van der Waals surface area contributed by atoms with Crippen molar-refractivity contribution in [2.75, 3.05) is 47.5 Å². The van der Waals surface area contributed by atoms with Crippen LogP contribution in [0.2, 0.25) is 0 Å². The number of benzene rings is 1. The second-order valence-electron chi connectivity index (χ2n) is 7.10. The van der Waals surface area contributed by atoms with Crippen molar-refractivity contribution in [3.63, 3.8) is 0 Å². The Balaban J connectivity index is 1.70. The molecule has 0 atom stereocenters. The predicted molar refractivity (Wildman–Crippen MR) is 100 cm³/mol. The lowest BCUT2D eigenvalue weighted by Gasteiger charge is -2.38. The summed E-state index contributed by atoms with van der Waals surface area (Å²) in [5.74, 6) is 3.03. The second kappa shape index (κ2) is 8.62. The van der Waals surface area contributed by atoms with E-state index in [-0.39, 0.29) is 5.91 Å². The van der Waals surface area contributed by atoms with Gasteiger partial charge >= 0.3 is 0 Å². The Morgan fingerprint density at radius 3 is 2.12 bits per heavy atom. The molecule has 0 aromatic heterocycles. The summed E-state index contributed by atoms with van der Waals surface area (Å²) in [4.78, 5) is 15.0. The van der Waals surface area contributed by atoms with Crippen molar-refractivity contribution >= 4 is 5.91 Å². The van der Waals surface area contributed by atoms with E-state index in [1.807, 2.05) is 4.90 Å². The van der Waals surface area contributed by atoms with Gasteiger partial charge in [0.05, 0.1) is 26.9 Å². The highest BCUT2D eigenvalue weighted by Crippen LogP contribution is 2.40. The van der Waals surface area contributed by atoms with Crippen molar-refractivity contribution in [1.29, 1.82) is 0 Å². The van der Waals surface area contributed by atoms with Crippen LogP contribution >= 0.6 is 0 Å². The molecule has 0 aliphatic carbocycles. The zero-order chi connectivity index (χ0) is 18.5. The van der Waals surface area contributed by atoms with Crippen LogP contribution in [-0.2, 0) is 0 Å². The van der Waals surface area contributed by atoms with Crippen LogP contribution in [-0.4, -0.2) is 58.3 Å². The smallest absolute Gasteiger partial charge is 0.257 e. The van der Waals surface area contributed by atoms with Gasteiger partial charge in [0, 0.05) is 13.1 Å². The Morgan fingerprint density at radius 2 is 1.54 bits per heavy atom. The molecule has 6 heteroatoms. The summed E-state index contributed by atoms with van der Waals surface area (Å²) in [6, 6.07) is 3.53. The van der Waals surface area contributed by atoms with Gasteiger partial charge in [-0.1, -0.05) is 0 Å². The molecule has 2 saturated heterocycles. The predicted octanol–water partition coefficient (Wildman–Crippen LogP) is 2.56. The number of amides is 1. The maximum absolute atomic E-state index is 13.1. The van der Waals surface area contributed by atoms with Gasteiger partial charge < -0.3 is 24.4 Å². The van der Waals surface area contributed by atoms with E-state index in [0.717, 1.165) is 50.9 Å². The van der Waals surface area contributed by atoms with E-state index in [4.69, 9.17) is 14.2 Å². The van der Waals surface area contributed by atoms with Crippen LogP contribution in [0.1, 0.15) is 36.0 Å². The molecule has 0 bridgehead atoms. The fourth-order valence-corrected chi connectivity index (χ4v) is 4.33. The van der Waals surface area contributed by atoms with Crippen LogP contribution in [0.15, 0.2) is 12.1 Å². The molecular formula is C20H30N2O4. The number of methoxy groups -OCH3 is 3. The first-order chi connectivity index (χ1) is 12.7. The first kappa shape index (κ1) is 18.8. The minimum absolute atomic E-state index is 0.00608. The van der Waals surface area contributed by atoms with Crippen molar-refractivity contribution in [3.05, 3.63) is 17.7 Å². The molecule has 0 spiro atoms. The van der Waals surface area contributed by atoms with E-state index < -0.39 is 0 Å². The van der Waals surface area contributed by atoms with E-state index in [0.29, 0.717) is 22.8 Å². The topological polar surface area (TPSA) is 60.0 Å². The van der Waals surface area contributed by atoms with Crippen LogP contribution in [0.4, 0.5) is 0 Å². The number of nitrogens with one attached hydrogen (secondary N) is 1. The lowest BCUT2D eigenvalue weighted by Crippen LogP contribution is -2.42.